The summed E-state index contributed by atoms with van der Waals surface area (Å²) in [7, 11) is 2.12. The average molecular weight is 276 g/mol. The number of nitrogens with zero attached hydrogens (tertiary/aromatic N) is 1. The normalized spacial score (nSPS) is 11.3. The Bertz CT molecular complexity index is 800. The van der Waals surface area contributed by atoms with E-state index in [-0.39, 0.29) is 0 Å². The van der Waals surface area contributed by atoms with E-state index in [0.29, 0.717) is 5.92 Å². The minimum atomic E-state index is 0.560. The number of fused-ring (bicyclic) bond motifs is 1. The van der Waals surface area contributed by atoms with Crippen LogP contribution in [0.25, 0.3) is 22.0 Å². The third kappa shape index (κ3) is 2.56. The second kappa shape index (κ2) is 5.33. The lowest BCUT2D eigenvalue weighted by atomic mass is 9.98. The Labute approximate surface area is 126 Å². The lowest BCUT2D eigenvalue weighted by Gasteiger charge is -2.09. The molecule has 0 aliphatic heterocycles. The van der Waals surface area contributed by atoms with Gasteiger partial charge in [-0.1, -0.05) is 44.2 Å². The summed E-state index contributed by atoms with van der Waals surface area (Å²) in [5.74, 6) is 0.560. The second-order valence-corrected chi connectivity index (χ2v) is 6.13. The molecular formula is C20H22N+. The Morgan fingerprint density at radius 2 is 1.67 bits per heavy atom. The quantitative estimate of drug-likeness (QED) is 0.594. The van der Waals surface area contributed by atoms with Gasteiger partial charge in [0.2, 0.25) is 5.69 Å². The molecule has 0 radical (unpaired) electrons. The maximum absolute atomic E-state index is 2.32. The molecule has 3 aromatic rings. The van der Waals surface area contributed by atoms with Crippen LogP contribution < -0.4 is 4.57 Å². The van der Waals surface area contributed by atoms with Crippen molar-refractivity contribution in [1.29, 1.82) is 0 Å². The van der Waals surface area contributed by atoms with Gasteiger partial charge in [-0.25, -0.2) is 4.57 Å². The topological polar surface area (TPSA) is 3.88 Å². The SMILES string of the molecule is Cc1ccccc1-c1cc2cc(C(C)C)ccc2c[n+]1C. The van der Waals surface area contributed by atoms with E-state index in [1.54, 1.807) is 0 Å². The molecule has 1 heterocycles. The van der Waals surface area contributed by atoms with Crippen LogP contribution in [-0.4, -0.2) is 0 Å². The lowest BCUT2D eigenvalue weighted by molar-refractivity contribution is -0.659. The van der Waals surface area contributed by atoms with Crippen molar-refractivity contribution in [2.75, 3.05) is 0 Å². The average Bonchev–Trinajstić information content (AvgIpc) is 2.47. The van der Waals surface area contributed by atoms with Crippen molar-refractivity contribution in [2.45, 2.75) is 26.7 Å². The van der Waals surface area contributed by atoms with Gasteiger partial charge in [-0.2, -0.15) is 0 Å². The first kappa shape index (κ1) is 13.8. The molecule has 0 aliphatic carbocycles. The molecule has 0 aliphatic rings. The first-order chi connectivity index (χ1) is 10.1. The van der Waals surface area contributed by atoms with E-state index in [4.69, 9.17) is 0 Å². The van der Waals surface area contributed by atoms with Crippen LogP contribution >= 0.6 is 0 Å². The van der Waals surface area contributed by atoms with E-state index in [1.165, 1.54) is 33.2 Å². The van der Waals surface area contributed by atoms with E-state index >= 15 is 0 Å². The van der Waals surface area contributed by atoms with Crippen LogP contribution in [0, 0.1) is 6.92 Å². The van der Waals surface area contributed by atoms with Gasteiger partial charge in [-0.05, 0) is 41.5 Å². The number of aromatic nitrogens is 1. The number of hydrogen-bond acceptors (Lipinski definition) is 0. The second-order valence-electron chi connectivity index (χ2n) is 6.13. The number of pyridine rings is 1. The van der Waals surface area contributed by atoms with Gasteiger partial charge in [-0.15, -0.1) is 0 Å². The predicted octanol–water partition coefficient (Wildman–Crippen LogP) is 4.76. The summed E-state index contributed by atoms with van der Waals surface area (Å²) >= 11 is 0. The molecule has 1 heteroatoms. The molecule has 0 atom stereocenters. The van der Waals surface area contributed by atoms with E-state index in [9.17, 15) is 0 Å². The molecule has 0 spiro atoms. The molecule has 1 aromatic heterocycles. The van der Waals surface area contributed by atoms with Crippen molar-refractivity contribution in [2.24, 2.45) is 7.05 Å². The van der Waals surface area contributed by atoms with Crippen molar-refractivity contribution >= 4 is 10.8 Å². The maximum Gasteiger partial charge on any atom is 0.213 e. The zero-order valence-corrected chi connectivity index (χ0v) is 13.2. The van der Waals surface area contributed by atoms with Gasteiger partial charge in [0.1, 0.15) is 7.05 Å². The zero-order valence-electron chi connectivity index (χ0n) is 13.2. The molecule has 1 nitrogen and oxygen atoms in total. The van der Waals surface area contributed by atoms with E-state index in [0.717, 1.165) is 0 Å². The number of rotatable bonds is 2. The highest BCUT2D eigenvalue weighted by atomic mass is 14.9. The monoisotopic (exact) mass is 276 g/mol. The number of aryl methyl sites for hydroxylation is 2. The summed E-state index contributed by atoms with van der Waals surface area (Å²) in [6, 6.07) is 17.7. The third-order valence-electron chi connectivity index (χ3n) is 4.20. The van der Waals surface area contributed by atoms with Gasteiger partial charge in [0.05, 0.1) is 0 Å². The van der Waals surface area contributed by atoms with Crippen LogP contribution in [0.15, 0.2) is 54.7 Å². The molecular weight excluding hydrogens is 254 g/mol. The van der Waals surface area contributed by atoms with Gasteiger partial charge in [0.15, 0.2) is 6.20 Å². The van der Waals surface area contributed by atoms with Gasteiger partial charge in [0.25, 0.3) is 0 Å². The van der Waals surface area contributed by atoms with Crippen molar-refractivity contribution in [3.63, 3.8) is 0 Å². The summed E-state index contributed by atoms with van der Waals surface area (Å²) in [4.78, 5) is 0. The fraction of sp³-hybridized carbons (Fsp3) is 0.250. The Morgan fingerprint density at radius 3 is 2.38 bits per heavy atom. The molecule has 0 unspecified atom stereocenters. The summed E-state index contributed by atoms with van der Waals surface area (Å²) in [6.07, 6.45) is 2.22. The predicted molar refractivity (Wildman–Crippen MR) is 89.4 cm³/mol. The van der Waals surface area contributed by atoms with Gasteiger partial charge >= 0.3 is 0 Å². The fourth-order valence-corrected chi connectivity index (χ4v) is 2.85. The standard InChI is InChI=1S/C20H22N/c1-14(2)16-9-10-17-13-21(4)20(12-18(17)11-16)19-8-6-5-7-15(19)3/h5-14H,1-4H3/q+1. The van der Waals surface area contributed by atoms with Crippen LogP contribution in [-0.2, 0) is 7.05 Å². The molecule has 0 N–H and O–H groups in total. The Kier molecular flexibility index (Phi) is 3.50. The van der Waals surface area contributed by atoms with Crippen LogP contribution in [0.3, 0.4) is 0 Å². The molecule has 3 rings (SSSR count). The van der Waals surface area contributed by atoms with Crippen molar-refractivity contribution < 1.29 is 4.57 Å². The van der Waals surface area contributed by atoms with Crippen LogP contribution in [0.5, 0.6) is 0 Å². The molecule has 0 amide bonds. The minimum absolute atomic E-state index is 0.560. The van der Waals surface area contributed by atoms with E-state index in [2.05, 4.69) is 87.1 Å². The molecule has 0 saturated heterocycles. The minimum Gasteiger partial charge on any atom is -0.200 e. The Balaban J connectivity index is 2.24. The smallest absolute Gasteiger partial charge is 0.200 e. The van der Waals surface area contributed by atoms with E-state index < -0.39 is 0 Å². The molecule has 0 saturated carbocycles. The number of hydrogen-bond donors (Lipinski definition) is 0. The Hall–Kier alpha value is -2.15. The third-order valence-corrected chi connectivity index (χ3v) is 4.20. The summed E-state index contributed by atoms with van der Waals surface area (Å²) in [5, 5.41) is 2.61. The van der Waals surface area contributed by atoms with Crippen molar-refractivity contribution in [3.05, 3.63) is 65.9 Å². The summed E-state index contributed by atoms with van der Waals surface area (Å²) < 4.78 is 2.22. The molecule has 106 valence electrons. The molecule has 21 heavy (non-hydrogen) atoms. The Morgan fingerprint density at radius 1 is 0.905 bits per heavy atom. The van der Waals surface area contributed by atoms with E-state index in [1.807, 2.05) is 0 Å². The lowest BCUT2D eigenvalue weighted by Crippen LogP contribution is -2.30. The zero-order chi connectivity index (χ0) is 15.0. The highest BCUT2D eigenvalue weighted by molar-refractivity contribution is 5.84. The van der Waals surface area contributed by atoms with Gasteiger partial charge in [-0.3, -0.25) is 0 Å². The summed E-state index contributed by atoms with van der Waals surface area (Å²) in [6.45, 7) is 6.66. The molecule has 2 aromatic carbocycles. The first-order valence-electron chi connectivity index (χ1n) is 7.55. The van der Waals surface area contributed by atoms with Gasteiger partial charge < -0.3 is 0 Å². The first-order valence-corrected chi connectivity index (χ1v) is 7.55. The highest BCUT2D eigenvalue weighted by Gasteiger charge is 2.14. The number of benzene rings is 2. The molecule has 0 fully saturated rings. The fourth-order valence-electron chi connectivity index (χ4n) is 2.85. The van der Waals surface area contributed by atoms with Crippen LogP contribution in [0.1, 0.15) is 30.9 Å². The van der Waals surface area contributed by atoms with Crippen LogP contribution in [0.4, 0.5) is 0 Å². The van der Waals surface area contributed by atoms with Gasteiger partial charge in [0, 0.05) is 17.0 Å². The molecule has 0 bridgehead atoms. The maximum atomic E-state index is 2.32. The van der Waals surface area contributed by atoms with Crippen molar-refractivity contribution in [1.82, 2.24) is 0 Å². The van der Waals surface area contributed by atoms with Crippen molar-refractivity contribution in [3.8, 4) is 11.3 Å². The summed E-state index contributed by atoms with van der Waals surface area (Å²) in [5.41, 5.74) is 5.28. The van der Waals surface area contributed by atoms with Crippen LogP contribution in [0.2, 0.25) is 0 Å². The largest absolute Gasteiger partial charge is 0.213 e. The highest BCUT2D eigenvalue weighted by Crippen LogP contribution is 2.25.